The Morgan fingerprint density at radius 1 is 0.673 bits per heavy atom. The van der Waals surface area contributed by atoms with Gasteiger partial charge in [0.05, 0.1) is 22.0 Å². The molecular formula is C45H41F2N5+2. The highest BCUT2D eigenvalue weighted by Gasteiger charge is 2.41. The number of aromatic nitrogens is 3. The summed E-state index contributed by atoms with van der Waals surface area (Å²) in [5.41, 5.74) is 2.74. The lowest BCUT2D eigenvalue weighted by molar-refractivity contribution is 0.0428. The van der Waals surface area contributed by atoms with Gasteiger partial charge in [-0.1, -0.05) is 83.5 Å². The number of rotatable bonds is 5. The first-order valence-electron chi connectivity index (χ1n) is 20.6. The Morgan fingerprint density at radius 2 is 1.37 bits per heavy atom. The van der Waals surface area contributed by atoms with E-state index in [1.807, 2.05) is 43.5 Å². The molecule has 1 aliphatic heterocycles. The van der Waals surface area contributed by atoms with E-state index in [0.29, 0.717) is 33.5 Å². The number of pyridine rings is 2. The third-order valence-electron chi connectivity index (χ3n) is 9.55. The molecule has 7 aromatic rings. The van der Waals surface area contributed by atoms with E-state index in [-0.39, 0.29) is 51.3 Å². The first-order valence-corrected chi connectivity index (χ1v) is 17.1. The smallest absolute Gasteiger partial charge is 0.292 e. The lowest BCUT2D eigenvalue weighted by atomic mass is 9.84. The van der Waals surface area contributed by atoms with Crippen LogP contribution in [-0.4, -0.2) is 20.5 Å². The minimum absolute atomic E-state index is 0.0136. The molecule has 8 rings (SSSR count). The fourth-order valence-corrected chi connectivity index (χ4v) is 6.61. The van der Waals surface area contributed by atoms with Crippen molar-refractivity contribution >= 4 is 50.7 Å². The van der Waals surface area contributed by atoms with E-state index in [0.717, 1.165) is 11.1 Å². The van der Waals surface area contributed by atoms with Crippen molar-refractivity contribution in [1.29, 1.82) is 0 Å². The number of alkyl halides is 2. The standard InChI is InChI=1S/C45H41F2N5/c1-29-14-17-34(18-15-29)50-28-51(38-12-9-8-11-37(38)50)35-24-32(44(5,6)7)23-33(25-35)45(46,47)31-16-19-36-40(26-31)52(39-13-10-21-49-42(36)39)41-27-30(20-22-48-41)43(2,3)4/h8-27H,1-7H3/q+2/i1D3,8D,9D,11D,12D. The van der Waals surface area contributed by atoms with Gasteiger partial charge in [-0.05, 0) is 74.4 Å². The molecule has 0 unspecified atom stereocenters. The van der Waals surface area contributed by atoms with Crippen molar-refractivity contribution in [3.05, 3.63) is 149 Å². The van der Waals surface area contributed by atoms with Crippen LogP contribution in [0.25, 0.3) is 27.8 Å². The van der Waals surface area contributed by atoms with Gasteiger partial charge in [-0.2, -0.15) is 8.78 Å². The molecule has 0 aliphatic carbocycles. The lowest BCUT2D eigenvalue weighted by Gasteiger charge is -2.23. The summed E-state index contributed by atoms with van der Waals surface area (Å²) in [6.45, 7) is 9.63. The molecule has 4 aromatic carbocycles. The molecule has 0 spiro atoms. The topological polar surface area (TPSA) is 36.7 Å². The minimum Gasteiger partial charge on any atom is -0.292 e. The Kier molecular flexibility index (Phi) is 5.96. The maximum atomic E-state index is 17.4. The molecule has 3 aromatic heterocycles. The molecule has 0 atom stereocenters. The SMILES string of the molecule is [2H]c1c([2H])c([2H])c2c(c1[2H])[N+](c1ccc(C([2H])([2H])[2H])cc1)=C=[N+]2c1cc(C(C)(C)C)cc(C(F)(F)c2ccc3c4ncccc4n(-c4cc(C(C)(C)C)ccn4)c3c2)c1. The summed E-state index contributed by atoms with van der Waals surface area (Å²) in [6, 6.07) is 23.9. The molecule has 258 valence electrons. The van der Waals surface area contributed by atoms with Crippen LogP contribution in [0.5, 0.6) is 0 Å². The quantitative estimate of drug-likeness (QED) is 0.168. The molecule has 0 saturated heterocycles. The van der Waals surface area contributed by atoms with Crippen LogP contribution in [0.15, 0.2) is 121 Å². The van der Waals surface area contributed by atoms with Gasteiger partial charge in [0.2, 0.25) is 11.4 Å². The number of benzene rings is 4. The van der Waals surface area contributed by atoms with Crippen LogP contribution in [0.2, 0.25) is 0 Å². The summed E-state index contributed by atoms with van der Waals surface area (Å²) < 4.78 is 97.8. The van der Waals surface area contributed by atoms with E-state index < -0.39 is 30.3 Å². The van der Waals surface area contributed by atoms with Crippen LogP contribution in [0.1, 0.15) is 79.0 Å². The molecule has 0 N–H and O–H groups in total. The maximum Gasteiger partial charge on any atom is 0.503 e. The normalized spacial score (nSPS) is 15.6. The molecule has 0 fully saturated rings. The van der Waals surface area contributed by atoms with Gasteiger partial charge in [0.25, 0.3) is 17.3 Å². The number of fused-ring (bicyclic) bond motifs is 4. The number of halogens is 2. The van der Waals surface area contributed by atoms with E-state index in [4.69, 9.17) is 9.60 Å². The molecule has 0 saturated carbocycles. The third kappa shape index (κ3) is 5.62. The first kappa shape index (κ1) is 26.1. The molecule has 4 heterocycles. The van der Waals surface area contributed by atoms with Crippen molar-refractivity contribution in [3.63, 3.8) is 0 Å². The van der Waals surface area contributed by atoms with E-state index in [1.54, 1.807) is 30.6 Å². The van der Waals surface area contributed by atoms with E-state index in [9.17, 15) is 0 Å². The summed E-state index contributed by atoms with van der Waals surface area (Å²) in [4.78, 5) is 9.30. The third-order valence-corrected chi connectivity index (χ3v) is 9.55. The van der Waals surface area contributed by atoms with E-state index >= 15 is 8.78 Å². The Morgan fingerprint density at radius 3 is 2.06 bits per heavy atom. The summed E-state index contributed by atoms with van der Waals surface area (Å²) in [5.74, 6) is -2.99. The van der Waals surface area contributed by atoms with Crippen molar-refractivity contribution in [2.75, 3.05) is 0 Å². The second-order valence-electron chi connectivity index (χ2n) is 15.2. The Balaban J connectivity index is 1.35. The second kappa shape index (κ2) is 11.9. The Bertz CT molecular complexity index is 2950. The Hall–Kier alpha value is -5.78. The molecule has 0 radical (unpaired) electrons. The van der Waals surface area contributed by atoms with E-state index in [1.165, 1.54) is 57.7 Å². The monoisotopic (exact) mass is 696 g/mol. The van der Waals surface area contributed by atoms with Crippen LogP contribution >= 0.6 is 0 Å². The summed E-state index contributed by atoms with van der Waals surface area (Å²) in [7, 11) is 0. The highest BCUT2D eigenvalue weighted by atomic mass is 19.3. The second-order valence-corrected chi connectivity index (χ2v) is 15.2. The van der Waals surface area contributed by atoms with E-state index in [2.05, 4.69) is 36.7 Å². The molecule has 0 bridgehead atoms. The molecule has 0 amide bonds. The van der Waals surface area contributed by atoms with Gasteiger partial charge < -0.3 is 0 Å². The summed E-state index contributed by atoms with van der Waals surface area (Å²) in [5, 5.41) is 0.686. The Labute approximate surface area is 312 Å². The average Bonchev–Trinajstić information content (AvgIpc) is 3.75. The number of hydrogen-bond acceptors (Lipinski definition) is 2. The lowest BCUT2D eigenvalue weighted by Crippen LogP contribution is -2.19. The van der Waals surface area contributed by atoms with Crippen molar-refractivity contribution in [2.45, 2.75) is 65.1 Å². The summed E-state index contributed by atoms with van der Waals surface area (Å²) in [6.07, 6.45) is 3.39. The largest absolute Gasteiger partial charge is 0.503 e. The molecular weight excluding hydrogens is 649 g/mol. The predicted octanol–water partition coefficient (Wildman–Crippen LogP) is 11.5. The minimum atomic E-state index is -3.57. The fraction of sp³-hybridized carbons (Fsp3) is 0.222. The zero-order chi connectivity index (χ0) is 42.6. The average molecular weight is 697 g/mol. The van der Waals surface area contributed by atoms with Crippen molar-refractivity contribution in [3.8, 4) is 5.82 Å². The van der Waals surface area contributed by atoms with Gasteiger partial charge in [0, 0.05) is 69.4 Å². The van der Waals surface area contributed by atoms with Crippen LogP contribution < -0.4 is 9.15 Å². The molecule has 52 heavy (non-hydrogen) atoms. The van der Waals surface area contributed by atoms with Crippen LogP contribution in [0, 0.1) is 6.85 Å². The number of nitrogens with zero attached hydrogens (tertiary/aromatic N) is 5. The van der Waals surface area contributed by atoms with Crippen LogP contribution in [0.3, 0.4) is 0 Å². The van der Waals surface area contributed by atoms with Crippen molar-refractivity contribution in [1.82, 2.24) is 23.7 Å². The zero-order valence-electron chi connectivity index (χ0n) is 36.7. The molecule has 1 aliphatic rings. The van der Waals surface area contributed by atoms with Gasteiger partial charge in [-0.25, -0.2) is 4.98 Å². The van der Waals surface area contributed by atoms with Crippen molar-refractivity contribution in [2.24, 2.45) is 0 Å². The first-order chi connectivity index (χ1) is 27.6. The number of para-hydroxylation sites is 2. The van der Waals surface area contributed by atoms with Gasteiger partial charge in [-0.3, -0.25) is 9.55 Å². The summed E-state index contributed by atoms with van der Waals surface area (Å²) >= 11 is 0. The molecule has 5 nitrogen and oxygen atoms in total. The van der Waals surface area contributed by atoms with Gasteiger partial charge in [-0.15, -0.1) is 0 Å². The zero-order valence-corrected chi connectivity index (χ0v) is 29.7. The van der Waals surface area contributed by atoms with Gasteiger partial charge >= 0.3 is 6.01 Å². The highest BCUT2D eigenvalue weighted by Crippen LogP contribution is 2.44. The van der Waals surface area contributed by atoms with Gasteiger partial charge in [0.1, 0.15) is 5.82 Å². The maximum absolute atomic E-state index is 17.4. The van der Waals surface area contributed by atoms with Crippen molar-refractivity contribution < 1.29 is 18.4 Å². The fourth-order valence-electron chi connectivity index (χ4n) is 6.61. The number of aryl methyl sites for hydroxylation is 1. The predicted molar refractivity (Wildman–Crippen MR) is 209 cm³/mol. The number of hydrogen-bond donors (Lipinski definition) is 0. The highest BCUT2D eigenvalue weighted by molar-refractivity contribution is 6.07. The van der Waals surface area contributed by atoms with Crippen LogP contribution in [0.4, 0.5) is 31.5 Å². The van der Waals surface area contributed by atoms with Gasteiger partial charge in [0.15, 0.2) is 0 Å². The van der Waals surface area contributed by atoms with Crippen LogP contribution in [-0.2, 0) is 16.8 Å². The molecule has 7 heteroatoms.